The van der Waals surface area contributed by atoms with Crippen LogP contribution >= 0.6 is 0 Å². The third kappa shape index (κ3) is 8.85. The maximum Gasteiger partial charge on any atom is 0.310 e. The third-order valence-corrected chi connectivity index (χ3v) is 6.71. The zero-order valence-corrected chi connectivity index (χ0v) is 26.2. The van der Waals surface area contributed by atoms with Crippen molar-refractivity contribution in [3.63, 3.8) is 0 Å². The van der Waals surface area contributed by atoms with Crippen molar-refractivity contribution in [3.05, 3.63) is 70.8 Å². The lowest BCUT2D eigenvalue weighted by Crippen LogP contribution is -2.24. The molecule has 0 radical (unpaired) electrons. The van der Waals surface area contributed by atoms with Gasteiger partial charge in [0.1, 0.15) is 23.0 Å². The van der Waals surface area contributed by atoms with Gasteiger partial charge in [0.25, 0.3) is 20.0 Å². The van der Waals surface area contributed by atoms with Crippen molar-refractivity contribution in [3.8, 4) is 23.0 Å². The standard InChI is InChI=1S/C28H34N4O8S2/c1-17-11-9-12-18(2)25(17)39-27(31-41(7,33)34)29-21-15-24(38-6)22(16-23(21)37-5)30-28(32-42(8,35)36)40-26-19(3)13-10-14-20(26)4/h9-16H,1-8H3,(H,29,31)(H,30,32). The summed E-state index contributed by atoms with van der Waals surface area (Å²) in [5, 5.41) is 5.73. The van der Waals surface area contributed by atoms with E-state index in [1.807, 2.05) is 64.1 Å². The predicted molar refractivity (Wildman–Crippen MR) is 164 cm³/mol. The van der Waals surface area contributed by atoms with Crippen molar-refractivity contribution in [2.45, 2.75) is 27.7 Å². The highest BCUT2D eigenvalue weighted by Gasteiger charge is 2.20. The van der Waals surface area contributed by atoms with E-state index in [1.54, 1.807) is 0 Å². The van der Waals surface area contributed by atoms with Gasteiger partial charge in [0.15, 0.2) is 0 Å². The normalized spacial score (nSPS) is 12.5. The molecular weight excluding hydrogens is 584 g/mol. The number of anilines is 2. The number of nitrogens with one attached hydrogen (secondary N) is 2. The Morgan fingerprint density at radius 2 is 0.929 bits per heavy atom. The molecule has 0 fully saturated rings. The van der Waals surface area contributed by atoms with E-state index in [1.165, 1.54) is 26.4 Å². The molecule has 0 heterocycles. The van der Waals surface area contributed by atoms with Crippen LogP contribution in [-0.2, 0) is 20.0 Å². The van der Waals surface area contributed by atoms with Gasteiger partial charge in [-0.2, -0.15) is 0 Å². The van der Waals surface area contributed by atoms with Crippen molar-refractivity contribution in [2.75, 3.05) is 37.4 Å². The Labute approximate surface area is 246 Å². The molecule has 0 saturated heterocycles. The molecule has 3 rings (SSSR count). The van der Waals surface area contributed by atoms with Gasteiger partial charge in [0.2, 0.25) is 0 Å². The molecule has 226 valence electrons. The fourth-order valence-electron chi connectivity index (χ4n) is 3.87. The van der Waals surface area contributed by atoms with Crippen LogP contribution in [0.15, 0.2) is 57.3 Å². The minimum absolute atomic E-state index is 0.204. The van der Waals surface area contributed by atoms with E-state index in [0.29, 0.717) is 11.5 Å². The molecule has 0 spiro atoms. The van der Waals surface area contributed by atoms with E-state index in [2.05, 4.69) is 19.4 Å². The molecule has 0 aliphatic carbocycles. The molecule has 0 atom stereocenters. The zero-order chi connectivity index (χ0) is 31.2. The number of methoxy groups -OCH3 is 2. The summed E-state index contributed by atoms with van der Waals surface area (Å²) in [7, 11) is -4.96. The fraction of sp³-hybridized carbons (Fsp3) is 0.286. The summed E-state index contributed by atoms with van der Waals surface area (Å²) in [5.74, 6) is 1.27. The van der Waals surface area contributed by atoms with Crippen molar-refractivity contribution in [1.29, 1.82) is 0 Å². The molecule has 12 nitrogen and oxygen atoms in total. The molecule has 0 unspecified atom stereocenters. The molecule has 42 heavy (non-hydrogen) atoms. The number of hydrogen-bond acceptors (Lipinski definition) is 8. The van der Waals surface area contributed by atoms with Crippen LogP contribution in [-0.4, -0.2) is 55.6 Å². The van der Waals surface area contributed by atoms with E-state index < -0.39 is 20.0 Å². The van der Waals surface area contributed by atoms with E-state index in [0.717, 1.165) is 34.8 Å². The smallest absolute Gasteiger partial charge is 0.310 e. The van der Waals surface area contributed by atoms with Gasteiger partial charge in [-0.3, -0.25) is 0 Å². The van der Waals surface area contributed by atoms with E-state index in [4.69, 9.17) is 18.9 Å². The number of ether oxygens (including phenoxy) is 4. The van der Waals surface area contributed by atoms with Gasteiger partial charge in [0.05, 0.1) is 38.1 Å². The lowest BCUT2D eigenvalue weighted by Gasteiger charge is -2.19. The Kier molecular flexibility index (Phi) is 10.1. The van der Waals surface area contributed by atoms with Crippen LogP contribution in [0.25, 0.3) is 0 Å². The second-order valence-electron chi connectivity index (χ2n) is 9.41. The first-order chi connectivity index (χ1) is 19.6. The Balaban J connectivity index is 2.06. The maximum atomic E-state index is 12.1. The average Bonchev–Trinajstić information content (AvgIpc) is 2.87. The largest absolute Gasteiger partial charge is 0.494 e. The average molecular weight is 619 g/mol. The number of hydrogen-bond donors (Lipinski definition) is 2. The van der Waals surface area contributed by atoms with Gasteiger partial charge in [-0.25, -0.2) is 16.8 Å². The minimum atomic E-state index is -3.88. The summed E-state index contributed by atoms with van der Waals surface area (Å²) in [4.78, 5) is 0. The highest BCUT2D eigenvalue weighted by molar-refractivity contribution is 7.89. The van der Waals surface area contributed by atoms with Crippen LogP contribution in [0.5, 0.6) is 23.0 Å². The van der Waals surface area contributed by atoms with Gasteiger partial charge in [-0.1, -0.05) is 36.4 Å². The number of rotatable bonds is 8. The quantitative estimate of drug-likeness (QED) is 0.271. The van der Waals surface area contributed by atoms with Crippen LogP contribution in [0.4, 0.5) is 11.4 Å². The summed E-state index contributed by atoms with van der Waals surface area (Å²) in [6.07, 6.45) is 1.87. The second-order valence-corrected chi connectivity index (χ2v) is 12.7. The summed E-state index contributed by atoms with van der Waals surface area (Å²) >= 11 is 0. The zero-order valence-electron chi connectivity index (χ0n) is 24.6. The first-order valence-corrected chi connectivity index (χ1v) is 16.2. The van der Waals surface area contributed by atoms with Gasteiger partial charge >= 0.3 is 12.0 Å². The molecule has 0 saturated carbocycles. The SMILES string of the molecule is COc1cc(N/C(=N/S(C)(=O)=O)Oc2c(C)cccc2C)c(OC)cc1N/C(=N/S(C)(=O)=O)Oc1c(C)cccc1C. The minimum Gasteiger partial charge on any atom is -0.494 e. The lowest BCUT2D eigenvalue weighted by molar-refractivity contribution is 0.406. The molecule has 0 amide bonds. The molecule has 14 heteroatoms. The molecular formula is C28H34N4O8S2. The summed E-state index contributed by atoms with van der Waals surface area (Å²) in [5.41, 5.74) is 3.55. The molecule has 0 aromatic heterocycles. The first kappa shape index (κ1) is 32.2. The summed E-state index contributed by atoms with van der Waals surface area (Å²) < 4.78 is 78.8. The highest BCUT2D eigenvalue weighted by atomic mass is 32.2. The number of nitrogens with zero attached hydrogens (tertiary/aromatic N) is 2. The number of para-hydroxylation sites is 2. The van der Waals surface area contributed by atoms with Gasteiger partial charge < -0.3 is 29.6 Å². The Morgan fingerprint density at radius 3 is 1.19 bits per heavy atom. The van der Waals surface area contributed by atoms with Crippen molar-refractivity contribution in [1.82, 2.24) is 0 Å². The van der Waals surface area contributed by atoms with Crippen LogP contribution in [0, 0.1) is 27.7 Å². The lowest BCUT2D eigenvalue weighted by atomic mass is 10.1. The predicted octanol–water partition coefficient (Wildman–Crippen LogP) is 4.55. The number of aryl methyl sites for hydroxylation is 4. The van der Waals surface area contributed by atoms with Crippen LogP contribution in [0.3, 0.4) is 0 Å². The molecule has 0 aliphatic heterocycles. The van der Waals surface area contributed by atoms with Crippen LogP contribution in [0.2, 0.25) is 0 Å². The monoisotopic (exact) mass is 618 g/mol. The van der Waals surface area contributed by atoms with Crippen molar-refractivity contribution >= 4 is 43.5 Å². The van der Waals surface area contributed by atoms with Crippen molar-refractivity contribution in [2.24, 2.45) is 8.80 Å². The Bertz CT molecular complexity index is 1580. The van der Waals surface area contributed by atoms with Crippen LogP contribution < -0.4 is 29.6 Å². The van der Waals surface area contributed by atoms with Gasteiger partial charge in [0, 0.05) is 12.1 Å². The highest BCUT2D eigenvalue weighted by Crippen LogP contribution is 2.37. The van der Waals surface area contributed by atoms with E-state index in [-0.39, 0.29) is 34.9 Å². The Hall–Kier alpha value is -4.30. The van der Waals surface area contributed by atoms with Crippen LogP contribution in [0.1, 0.15) is 22.3 Å². The molecule has 0 aliphatic rings. The number of amidine groups is 2. The van der Waals surface area contributed by atoms with Gasteiger partial charge in [-0.05, 0) is 49.9 Å². The fourth-order valence-corrected chi connectivity index (χ4v) is 4.64. The van der Waals surface area contributed by atoms with E-state index in [9.17, 15) is 16.8 Å². The molecule has 2 N–H and O–H groups in total. The van der Waals surface area contributed by atoms with E-state index >= 15 is 0 Å². The topological polar surface area (TPSA) is 154 Å². The molecule has 3 aromatic carbocycles. The second kappa shape index (κ2) is 13.1. The summed E-state index contributed by atoms with van der Waals surface area (Å²) in [6, 6.07) is 13.3. The number of sulfonamides is 2. The maximum absolute atomic E-state index is 12.1. The third-order valence-electron chi connectivity index (χ3n) is 5.72. The number of benzene rings is 3. The summed E-state index contributed by atoms with van der Waals surface area (Å²) in [6.45, 7) is 7.28. The van der Waals surface area contributed by atoms with Gasteiger partial charge in [-0.15, -0.1) is 8.80 Å². The first-order valence-electron chi connectivity index (χ1n) is 12.5. The van der Waals surface area contributed by atoms with Crippen molar-refractivity contribution < 1.29 is 35.8 Å². The Morgan fingerprint density at radius 1 is 0.619 bits per heavy atom. The molecule has 3 aromatic rings. The molecule has 0 bridgehead atoms.